The molecule has 0 rings (SSSR count). The molecule has 0 N–H and O–H groups in total. The molecule has 30 valence electrons. The molecule has 1 heteroatoms. The van der Waals surface area contributed by atoms with Gasteiger partial charge in [-0.05, 0) is 0 Å². The van der Waals surface area contributed by atoms with Crippen LogP contribution >= 0.6 is 0 Å². The van der Waals surface area contributed by atoms with Crippen LogP contribution < -0.4 is 0 Å². The van der Waals surface area contributed by atoms with E-state index < -0.39 is 0 Å². The number of hydrogen-bond donors (Lipinski definition) is 0. The topological polar surface area (TPSA) is 0 Å². The fourth-order valence-corrected chi connectivity index (χ4v) is 0. The molecule has 0 heterocycles. The summed E-state index contributed by atoms with van der Waals surface area (Å²) in [7, 11) is 0. The van der Waals surface area contributed by atoms with Crippen molar-refractivity contribution in [1.82, 2.24) is 0 Å². The Labute approximate surface area is 45.0 Å². The van der Waals surface area contributed by atoms with Crippen LogP contribution in [0.1, 0.15) is 23.6 Å². The van der Waals surface area contributed by atoms with Gasteiger partial charge in [-0.2, -0.15) is 0 Å². The van der Waals surface area contributed by atoms with Crippen LogP contribution in [0.4, 0.5) is 0 Å². The van der Waals surface area contributed by atoms with Gasteiger partial charge in [0.2, 0.25) is 0 Å². The average Bonchev–Trinajstić information content (AvgIpc) is 0.722. The summed E-state index contributed by atoms with van der Waals surface area (Å²) >= 11 is 2.72. The van der Waals surface area contributed by atoms with Crippen molar-refractivity contribution in [3.8, 4) is 0 Å². The molecule has 5 heavy (non-hydrogen) atoms. The van der Waals surface area contributed by atoms with E-state index in [4.69, 9.17) is 0 Å². The van der Waals surface area contributed by atoms with E-state index in [1.807, 2.05) is 0 Å². The molecule has 0 aromatic heterocycles. The van der Waals surface area contributed by atoms with Crippen molar-refractivity contribution in [2.75, 3.05) is 0 Å². The second-order valence-corrected chi connectivity index (χ2v) is 4.10. The van der Waals surface area contributed by atoms with Gasteiger partial charge in [0.25, 0.3) is 0 Å². The van der Waals surface area contributed by atoms with Gasteiger partial charge < -0.3 is 2.85 Å². The quantitative estimate of drug-likeness (QED) is 0.393. The van der Waals surface area contributed by atoms with Gasteiger partial charge in [0.15, 0.2) is 0 Å². The van der Waals surface area contributed by atoms with E-state index >= 15 is 0 Å². The van der Waals surface area contributed by atoms with E-state index in [0.717, 1.165) is 0 Å². The van der Waals surface area contributed by atoms with Crippen LogP contribution in [-0.2, 0) is 0 Å². The Balaban J connectivity index is -0.0000000800. The summed E-state index contributed by atoms with van der Waals surface area (Å²) in [6.07, 6.45) is 0. The molecule has 0 unspecified atom stereocenters. The van der Waals surface area contributed by atoms with Crippen LogP contribution in [0.5, 0.6) is 0 Å². The van der Waals surface area contributed by atoms with Crippen molar-refractivity contribution < 1.29 is 2.85 Å². The van der Waals surface area contributed by atoms with Crippen molar-refractivity contribution >= 4 is 16.3 Å². The molecule has 0 saturated carbocycles. The van der Waals surface area contributed by atoms with E-state index in [-0.39, 0.29) is 2.85 Å². The number of rotatable bonds is 0. The minimum absolute atomic E-state index is 0. The molecule has 0 atom stereocenters. The van der Waals surface area contributed by atoms with Crippen LogP contribution in [0.25, 0.3) is 0 Å². The molecule has 0 fully saturated rings. The third-order valence-electron chi connectivity index (χ3n) is 0. The van der Waals surface area contributed by atoms with Gasteiger partial charge in [-0.15, -0.1) is 0 Å². The van der Waals surface area contributed by atoms with Gasteiger partial charge in [-0.25, -0.2) is 0 Å². The first kappa shape index (κ1) is 5.53. The molecule has 0 aliphatic heterocycles. The van der Waals surface area contributed by atoms with Crippen molar-refractivity contribution in [2.24, 2.45) is 0 Å². The molecule has 0 aliphatic carbocycles. The second kappa shape index (κ2) is 1.33. The van der Waals surface area contributed by atoms with E-state index in [0.29, 0.717) is 4.28 Å². The maximum atomic E-state index is 2.72. The van der Waals surface area contributed by atoms with E-state index in [1.54, 1.807) is 0 Å². The van der Waals surface area contributed by atoms with Gasteiger partial charge in [0, 0.05) is 0 Å². The predicted molar refractivity (Wildman–Crippen MR) is 27.7 cm³/mol. The standard InChI is InChI=1S/C4H9.Al.2H/c1-4(2)3;;;/h1-3H3;;;/q;+2;2*-1. The van der Waals surface area contributed by atoms with Gasteiger partial charge >= 0.3 is 41.3 Å². The monoisotopic (exact) mass is 86.1 g/mol. The third-order valence-corrected chi connectivity index (χ3v) is 0. The van der Waals surface area contributed by atoms with Gasteiger partial charge in [0.1, 0.15) is 0 Å². The van der Waals surface area contributed by atoms with Crippen molar-refractivity contribution in [2.45, 2.75) is 25.0 Å². The molecule has 0 radical (unpaired) electrons. The van der Waals surface area contributed by atoms with E-state index in [9.17, 15) is 0 Å². The Morgan fingerprint density at radius 3 is 1.40 bits per heavy atom. The first-order chi connectivity index (χ1) is 2.00. The summed E-state index contributed by atoms with van der Waals surface area (Å²) in [5, 5.41) is 0. The van der Waals surface area contributed by atoms with Crippen LogP contribution in [0.2, 0.25) is 4.28 Å². The van der Waals surface area contributed by atoms with Gasteiger partial charge in [0.05, 0.1) is 0 Å². The molecule has 0 nitrogen and oxygen atoms in total. The van der Waals surface area contributed by atoms with Crippen LogP contribution in [0.15, 0.2) is 0 Å². The molecule has 0 aromatic carbocycles. The predicted octanol–water partition coefficient (Wildman–Crippen LogP) is 1.60. The molecule has 0 aromatic rings. The fourth-order valence-electron chi connectivity index (χ4n) is 0. The Hall–Kier alpha value is 0.532. The molecule has 0 bridgehead atoms. The van der Waals surface area contributed by atoms with Crippen molar-refractivity contribution in [3.05, 3.63) is 0 Å². The summed E-state index contributed by atoms with van der Waals surface area (Å²) in [4.78, 5) is 0. The first-order valence-corrected chi connectivity index (χ1v) is 2.37. The van der Waals surface area contributed by atoms with Crippen molar-refractivity contribution in [3.63, 3.8) is 0 Å². The van der Waals surface area contributed by atoms with E-state index in [1.165, 1.54) is 0 Å². The molecule has 0 spiro atoms. The molecular weight excluding hydrogens is 75.0 g/mol. The largest absolute Gasteiger partial charge is 1.00 e. The SMILES string of the molecule is C[C](C)(C)[Al+2].[H-].[H-]. The Bertz CT molecular complexity index is 25.2. The normalized spacial score (nSPS) is 12.2. The van der Waals surface area contributed by atoms with Gasteiger partial charge in [-0.1, -0.05) is 0 Å². The van der Waals surface area contributed by atoms with Crippen LogP contribution in [0, 0.1) is 0 Å². The van der Waals surface area contributed by atoms with E-state index in [2.05, 4.69) is 37.1 Å². The Morgan fingerprint density at radius 2 is 1.40 bits per heavy atom. The van der Waals surface area contributed by atoms with Crippen molar-refractivity contribution in [1.29, 1.82) is 0 Å². The number of hydrogen-bond acceptors (Lipinski definition) is 0. The summed E-state index contributed by atoms with van der Waals surface area (Å²) in [5.41, 5.74) is 0. The average molecular weight is 86.1 g/mol. The maximum absolute atomic E-state index is 2.72. The minimum atomic E-state index is 0. The summed E-state index contributed by atoms with van der Waals surface area (Å²) < 4.78 is 0.417. The summed E-state index contributed by atoms with van der Waals surface area (Å²) in [6, 6.07) is 0. The molecule has 0 saturated heterocycles. The van der Waals surface area contributed by atoms with Crippen LogP contribution in [0.3, 0.4) is 0 Å². The smallest absolute Gasteiger partial charge is 1.00 e. The zero-order chi connectivity index (χ0) is 4.50. The fraction of sp³-hybridized carbons (Fsp3) is 1.00. The Morgan fingerprint density at radius 1 is 1.40 bits per heavy atom. The maximum Gasteiger partial charge on any atom is -1.00 e. The zero-order valence-electron chi connectivity index (χ0n) is 6.08. The molecular formula is C4H11Al. The second-order valence-electron chi connectivity index (χ2n) is 2.37. The third kappa shape index (κ3) is 103. The molecule has 0 amide bonds. The van der Waals surface area contributed by atoms with Gasteiger partial charge in [-0.3, -0.25) is 0 Å². The minimum Gasteiger partial charge on any atom is -1.00 e. The first-order valence-electron chi connectivity index (χ1n) is 1.79. The summed E-state index contributed by atoms with van der Waals surface area (Å²) in [5.74, 6) is 0. The zero-order valence-corrected chi connectivity index (χ0v) is 5.23. The Kier molecular flexibility index (Phi) is 1.47. The van der Waals surface area contributed by atoms with Crippen LogP contribution in [-0.4, -0.2) is 16.3 Å². The molecule has 0 aliphatic rings. The summed E-state index contributed by atoms with van der Waals surface area (Å²) in [6.45, 7) is 6.45.